The second kappa shape index (κ2) is 5.08. The van der Waals surface area contributed by atoms with E-state index in [2.05, 4.69) is 62.4 Å². The molecule has 0 radical (unpaired) electrons. The van der Waals surface area contributed by atoms with Gasteiger partial charge >= 0.3 is 0 Å². The molecule has 0 saturated carbocycles. The molecule has 0 spiro atoms. The molecule has 0 aromatic heterocycles. The first-order valence-electron chi connectivity index (χ1n) is 9.07. The molecule has 3 aromatic carbocycles. The standard InChI is InChI=1S/C24H22/c1-15-16(2)20-14-12-18-8-4-6-10-22(18)24(20)23-19(15)13-11-17-7-3-5-9-21(17)23/h3-10H,11-14H2,1-2H3. The molecule has 118 valence electrons. The third-order valence-corrected chi connectivity index (χ3v) is 6.18. The van der Waals surface area contributed by atoms with Crippen LogP contribution < -0.4 is 0 Å². The lowest BCUT2D eigenvalue weighted by Gasteiger charge is -2.32. The summed E-state index contributed by atoms with van der Waals surface area (Å²) in [5.41, 5.74) is 15.2. The number of fused-ring (bicyclic) bond motifs is 7. The zero-order chi connectivity index (χ0) is 16.3. The Morgan fingerprint density at radius 1 is 0.542 bits per heavy atom. The van der Waals surface area contributed by atoms with Crippen LogP contribution in [-0.4, -0.2) is 0 Å². The van der Waals surface area contributed by atoms with Gasteiger partial charge in [0.25, 0.3) is 0 Å². The van der Waals surface area contributed by atoms with E-state index in [0.717, 1.165) is 0 Å². The van der Waals surface area contributed by atoms with E-state index in [-0.39, 0.29) is 0 Å². The fourth-order valence-corrected chi connectivity index (χ4v) is 4.83. The van der Waals surface area contributed by atoms with Crippen LogP contribution in [0, 0.1) is 13.8 Å². The molecule has 5 rings (SSSR count). The second-order valence-electron chi connectivity index (χ2n) is 7.27. The van der Waals surface area contributed by atoms with Crippen LogP contribution in [-0.2, 0) is 25.7 Å². The van der Waals surface area contributed by atoms with Gasteiger partial charge in [0, 0.05) is 0 Å². The molecular weight excluding hydrogens is 288 g/mol. The van der Waals surface area contributed by atoms with Crippen molar-refractivity contribution in [3.05, 3.63) is 81.9 Å². The highest BCUT2D eigenvalue weighted by atomic mass is 14.3. The van der Waals surface area contributed by atoms with Crippen LogP contribution in [0.4, 0.5) is 0 Å². The van der Waals surface area contributed by atoms with E-state index < -0.39 is 0 Å². The maximum Gasteiger partial charge on any atom is -0.00647 e. The second-order valence-corrected chi connectivity index (χ2v) is 7.27. The minimum Gasteiger partial charge on any atom is -0.0620 e. The van der Waals surface area contributed by atoms with Crippen molar-refractivity contribution in [2.24, 2.45) is 0 Å². The highest BCUT2D eigenvalue weighted by Gasteiger charge is 2.28. The third kappa shape index (κ3) is 1.80. The molecule has 0 amide bonds. The summed E-state index contributed by atoms with van der Waals surface area (Å²) in [6.45, 7) is 4.67. The summed E-state index contributed by atoms with van der Waals surface area (Å²) >= 11 is 0. The van der Waals surface area contributed by atoms with Gasteiger partial charge in [0.2, 0.25) is 0 Å². The Balaban J connectivity index is 1.95. The molecule has 0 aliphatic heterocycles. The zero-order valence-corrected chi connectivity index (χ0v) is 14.4. The van der Waals surface area contributed by atoms with Gasteiger partial charge in [0.1, 0.15) is 0 Å². The maximum absolute atomic E-state index is 2.34. The molecular formula is C24H22. The molecule has 3 aromatic rings. The maximum atomic E-state index is 2.34. The first-order valence-corrected chi connectivity index (χ1v) is 9.07. The number of aryl methyl sites for hydroxylation is 2. The van der Waals surface area contributed by atoms with Gasteiger partial charge in [-0.05, 0) is 95.2 Å². The van der Waals surface area contributed by atoms with Gasteiger partial charge in [-0.15, -0.1) is 0 Å². The smallest absolute Gasteiger partial charge is 0.00647 e. The Morgan fingerprint density at radius 2 is 0.958 bits per heavy atom. The summed E-state index contributed by atoms with van der Waals surface area (Å²) in [7, 11) is 0. The molecule has 0 bridgehead atoms. The Kier molecular flexibility index (Phi) is 2.97. The Hall–Kier alpha value is -2.34. The first kappa shape index (κ1) is 14.0. The van der Waals surface area contributed by atoms with Crippen molar-refractivity contribution < 1.29 is 0 Å². The fourth-order valence-electron chi connectivity index (χ4n) is 4.83. The molecule has 0 unspecified atom stereocenters. The van der Waals surface area contributed by atoms with E-state index in [4.69, 9.17) is 0 Å². The van der Waals surface area contributed by atoms with E-state index in [9.17, 15) is 0 Å². The van der Waals surface area contributed by atoms with Crippen LogP contribution in [0.1, 0.15) is 33.4 Å². The molecule has 0 nitrogen and oxygen atoms in total. The predicted molar refractivity (Wildman–Crippen MR) is 102 cm³/mol. The average Bonchev–Trinajstić information content (AvgIpc) is 2.64. The molecule has 0 atom stereocenters. The minimum absolute atomic E-state index is 1.17. The lowest BCUT2D eigenvalue weighted by Crippen LogP contribution is -2.14. The summed E-state index contributed by atoms with van der Waals surface area (Å²) in [6, 6.07) is 18.1. The van der Waals surface area contributed by atoms with Crippen LogP contribution >= 0.6 is 0 Å². The van der Waals surface area contributed by atoms with E-state index >= 15 is 0 Å². The van der Waals surface area contributed by atoms with Crippen molar-refractivity contribution in [1.82, 2.24) is 0 Å². The Labute approximate surface area is 144 Å². The van der Waals surface area contributed by atoms with E-state index in [0.29, 0.717) is 0 Å². The average molecular weight is 310 g/mol. The van der Waals surface area contributed by atoms with Crippen LogP contribution in [0.3, 0.4) is 0 Å². The minimum atomic E-state index is 1.17. The normalized spacial score (nSPS) is 14.4. The molecule has 24 heavy (non-hydrogen) atoms. The van der Waals surface area contributed by atoms with Crippen molar-refractivity contribution in [2.75, 3.05) is 0 Å². The topological polar surface area (TPSA) is 0 Å². The van der Waals surface area contributed by atoms with E-state index in [1.807, 2.05) is 0 Å². The fraction of sp³-hybridized carbons (Fsp3) is 0.250. The van der Waals surface area contributed by atoms with Gasteiger partial charge in [-0.2, -0.15) is 0 Å². The van der Waals surface area contributed by atoms with E-state index in [1.54, 1.807) is 11.1 Å². The number of hydrogen-bond acceptors (Lipinski definition) is 0. The summed E-state index contributed by atoms with van der Waals surface area (Å²) in [5, 5.41) is 0. The molecule has 0 heteroatoms. The lowest BCUT2D eigenvalue weighted by molar-refractivity contribution is 0.895. The molecule has 0 saturated heterocycles. The van der Waals surface area contributed by atoms with Crippen molar-refractivity contribution in [2.45, 2.75) is 39.5 Å². The summed E-state index contributed by atoms with van der Waals surface area (Å²) in [4.78, 5) is 0. The summed E-state index contributed by atoms with van der Waals surface area (Å²) in [5.74, 6) is 0. The number of hydrogen-bond donors (Lipinski definition) is 0. The number of benzene rings is 3. The van der Waals surface area contributed by atoms with Crippen LogP contribution in [0.5, 0.6) is 0 Å². The highest BCUT2D eigenvalue weighted by Crippen LogP contribution is 2.48. The van der Waals surface area contributed by atoms with E-state index in [1.165, 1.54) is 70.2 Å². The van der Waals surface area contributed by atoms with Crippen LogP contribution in [0.15, 0.2) is 48.5 Å². The molecule has 0 N–H and O–H groups in total. The summed E-state index contributed by atoms with van der Waals surface area (Å²) < 4.78 is 0. The van der Waals surface area contributed by atoms with Gasteiger partial charge in [-0.1, -0.05) is 48.5 Å². The third-order valence-electron chi connectivity index (χ3n) is 6.18. The van der Waals surface area contributed by atoms with Crippen molar-refractivity contribution in [3.8, 4) is 22.3 Å². The SMILES string of the molecule is Cc1c(C)c2c(c3c1CCc1ccccc1-3)-c1ccccc1CC2. The van der Waals surface area contributed by atoms with Gasteiger partial charge in [0.05, 0.1) is 0 Å². The summed E-state index contributed by atoms with van der Waals surface area (Å²) in [6.07, 6.45) is 4.69. The van der Waals surface area contributed by atoms with Gasteiger partial charge in [0.15, 0.2) is 0 Å². The van der Waals surface area contributed by atoms with Crippen molar-refractivity contribution >= 4 is 0 Å². The first-order chi connectivity index (χ1) is 11.8. The lowest BCUT2D eigenvalue weighted by atomic mass is 9.72. The van der Waals surface area contributed by atoms with Crippen LogP contribution in [0.25, 0.3) is 22.3 Å². The Bertz CT molecular complexity index is 895. The molecule has 2 aliphatic carbocycles. The molecule has 0 fully saturated rings. The van der Waals surface area contributed by atoms with Crippen molar-refractivity contribution in [1.29, 1.82) is 0 Å². The highest BCUT2D eigenvalue weighted by molar-refractivity contribution is 5.93. The molecule has 2 aliphatic rings. The van der Waals surface area contributed by atoms with Crippen molar-refractivity contribution in [3.63, 3.8) is 0 Å². The largest absolute Gasteiger partial charge is 0.0620 e. The monoisotopic (exact) mass is 310 g/mol. The quantitative estimate of drug-likeness (QED) is 0.489. The zero-order valence-electron chi connectivity index (χ0n) is 14.4. The van der Waals surface area contributed by atoms with Gasteiger partial charge < -0.3 is 0 Å². The number of rotatable bonds is 0. The Morgan fingerprint density at radius 3 is 1.42 bits per heavy atom. The predicted octanol–water partition coefficient (Wildman–Crippen LogP) is 5.83. The molecule has 0 heterocycles. The van der Waals surface area contributed by atoms with Gasteiger partial charge in [-0.3, -0.25) is 0 Å². The van der Waals surface area contributed by atoms with Crippen LogP contribution in [0.2, 0.25) is 0 Å². The van der Waals surface area contributed by atoms with Gasteiger partial charge in [-0.25, -0.2) is 0 Å².